The number of hydrogen-bond donors (Lipinski definition) is 3. The van der Waals surface area contributed by atoms with Crippen LogP contribution in [0.3, 0.4) is 0 Å². The third-order valence-electron chi connectivity index (χ3n) is 3.18. The molecule has 3 N–H and O–H groups in total. The minimum Gasteiger partial charge on any atom is -0.507 e. The van der Waals surface area contributed by atoms with Crippen LogP contribution in [-0.4, -0.2) is 36.1 Å². The number of phenols is 2. The Kier molecular flexibility index (Phi) is 6.45. The predicted octanol–water partition coefficient (Wildman–Crippen LogP) is 2.87. The molecular weight excluding hydrogens is 439 g/mol. The second-order valence-electron chi connectivity index (χ2n) is 4.86. The molecule has 0 fully saturated rings. The van der Waals surface area contributed by atoms with Gasteiger partial charge in [0.05, 0.1) is 29.1 Å². The molecule has 132 valence electrons. The van der Waals surface area contributed by atoms with Crippen molar-refractivity contribution >= 4 is 34.7 Å². The number of carbonyl (C=O) groups excluding carboxylic acids is 1. The molecule has 0 saturated carbocycles. The van der Waals surface area contributed by atoms with Gasteiger partial charge >= 0.3 is 0 Å². The molecule has 1 amide bonds. The van der Waals surface area contributed by atoms with Gasteiger partial charge in [0.15, 0.2) is 11.5 Å². The molecule has 2 aromatic carbocycles. The van der Waals surface area contributed by atoms with Crippen molar-refractivity contribution in [2.45, 2.75) is 6.92 Å². The van der Waals surface area contributed by atoms with E-state index in [4.69, 9.17) is 9.47 Å². The Bertz CT molecular complexity index is 808. The van der Waals surface area contributed by atoms with Crippen molar-refractivity contribution < 1.29 is 24.5 Å². The molecule has 2 aromatic rings. The molecule has 0 aliphatic rings. The van der Waals surface area contributed by atoms with Gasteiger partial charge in [-0.25, -0.2) is 5.43 Å². The molecule has 8 heteroatoms. The second-order valence-corrected chi connectivity index (χ2v) is 6.03. The summed E-state index contributed by atoms with van der Waals surface area (Å²) in [4.78, 5) is 12.1. The largest absolute Gasteiger partial charge is 0.507 e. The molecule has 0 bridgehead atoms. The van der Waals surface area contributed by atoms with Crippen LogP contribution in [0, 0.1) is 3.57 Å². The highest BCUT2D eigenvalue weighted by atomic mass is 127. The lowest BCUT2D eigenvalue weighted by Crippen LogP contribution is -2.17. The Balaban J connectivity index is 2.11. The van der Waals surface area contributed by atoms with Crippen LogP contribution in [0.2, 0.25) is 0 Å². The van der Waals surface area contributed by atoms with Gasteiger partial charge in [-0.3, -0.25) is 4.79 Å². The van der Waals surface area contributed by atoms with Crippen LogP contribution in [0.15, 0.2) is 35.4 Å². The third kappa shape index (κ3) is 4.75. The van der Waals surface area contributed by atoms with Crippen LogP contribution in [-0.2, 0) is 0 Å². The number of amides is 1. The minimum absolute atomic E-state index is 0.0618. The monoisotopic (exact) mass is 456 g/mol. The lowest BCUT2D eigenvalue weighted by atomic mass is 10.2. The zero-order chi connectivity index (χ0) is 18.4. The topological polar surface area (TPSA) is 100 Å². The number of phenolic OH excluding ortho intramolecular Hbond substituents is 2. The van der Waals surface area contributed by atoms with Gasteiger partial charge in [-0.2, -0.15) is 5.10 Å². The van der Waals surface area contributed by atoms with Gasteiger partial charge in [0.2, 0.25) is 0 Å². The first-order valence-corrected chi connectivity index (χ1v) is 8.39. The van der Waals surface area contributed by atoms with E-state index in [9.17, 15) is 15.0 Å². The van der Waals surface area contributed by atoms with E-state index in [2.05, 4.69) is 10.5 Å². The quantitative estimate of drug-likeness (QED) is 0.353. The minimum atomic E-state index is -0.560. The maximum atomic E-state index is 12.1. The zero-order valence-corrected chi connectivity index (χ0v) is 15.8. The second kappa shape index (κ2) is 8.56. The maximum Gasteiger partial charge on any atom is 0.275 e. The fourth-order valence-corrected chi connectivity index (χ4v) is 2.62. The molecule has 0 unspecified atom stereocenters. The number of carbonyl (C=O) groups is 1. The van der Waals surface area contributed by atoms with Crippen molar-refractivity contribution in [3.63, 3.8) is 0 Å². The average Bonchev–Trinajstić information content (AvgIpc) is 2.59. The first-order chi connectivity index (χ1) is 12.0. The summed E-state index contributed by atoms with van der Waals surface area (Å²) in [6.45, 7) is 2.23. The van der Waals surface area contributed by atoms with Crippen LogP contribution < -0.4 is 14.9 Å². The van der Waals surface area contributed by atoms with E-state index in [1.54, 1.807) is 18.2 Å². The normalized spacial score (nSPS) is 10.7. The molecule has 0 radical (unpaired) electrons. The van der Waals surface area contributed by atoms with Crippen LogP contribution >= 0.6 is 22.6 Å². The highest BCUT2D eigenvalue weighted by Crippen LogP contribution is 2.32. The molecule has 2 rings (SSSR count). The molecule has 0 aliphatic heterocycles. The van der Waals surface area contributed by atoms with Gasteiger partial charge in [0.1, 0.15) is 11.5 Å². The van der Waals surface area contributed by atoms with Gasteiger partial charge in [-0.15, -0.1) is 0 Å². The summed E-state index contributed by atoms with van der Waals surface area (Å²) in [6, 6.07) is 7.65. The highest BCUT2D eigenvalue weighted by Gasteiger charge is 2.11. The van der Waals surface area contributed by atoms with Crippen LogP contribution in [0.4, 0.5) is 0 Å². The van der Waals surface area contributed by atoms with E-state index in [1.807, 2.05) is 29.5 Å². The fraction of sp³-hybridized carbons (Fsp3) is 0.176. The van der Waals surface area contributed by atoms with Crippen LogP contribution in [0.1, 0.15) is 22.8 Å². The Morgan fingerprint density at radius 3 is 2.72 bits per heavy atom. The summed E-state index contributed by atoms with van der Waals surface area (Å²) in [5.41, 5.74) is 3.06. The van der Waals surface area contributed by atoms with E-state index in [0.29, 0.717) is 27.2 Å². The van der Waals surface area contributed by atoms with Crippen molar-refractivity contribution in [1.29, 1.82) is 0 Å². The number of rotatable bonds is 6. The Hall–Kier alpha value is -2.49. The zero-order valence-electron chi connectivity index (χ0n) is 13.6. The molecule has 0 saturated heterocycles. The molecule has 0 spiro atoms. The lowest BCUT2D eigenvalue weighted by molar-refractivity contribution is 0.0952. The molecule has 25 heavy (non-hydrogen) atoms. The summed E-state index contributed by atoms with van der Waals surface area (Å²) in [7, 11) is 1.47. The molecule has 0 atom stereocenters. The van der Waals surface area contributed by atoms with Crippen LogP contribution in [0.25, 0.3) is 0 Å². The Morgan fingerprint density at radius 1 is 1.32 bits per heavy atom. The predicted molar refractivity (Wildman–Crippen MR) is 102 cm³/mol. The number of aromatic hydroxyl groups is 2. The average molecular weight is 456 g/mol. The number of hydrogen-bond acceptors (Lipinski definition) is 6. The lowest BCUT2D eigenvalue weighted by Gasteiger charge is -2.08. The molecule has 0 heterocycles. The van der Waals surface area contributed by atoms with Gasteiger partial charge in [-0.05, 0) is 59.3 Å². The highest BCUT2D eigenvalue weighted by molar-refractivity contribution is 14.1. The van der Waals surface area contributed by atoms with Gasteiger partial charge in [0.25, 0.3) is 5.91 Å². The first-order valence-electron chi connectivity index (χ1n) is 7.32. The number of halogens is 1. The van der Waals surface area contributed by atoms with Crippen molar-refractivity contribution in [2.24, 2.45) is 5.10 Å². The number of benzene rings is 2. The number of nitrogens with one attached hydrogen (secondary N) is 1. The smallest absolute Gasteiger partial charge is 0.275 e. The van der Waals surface area contributed by atoms with E-state index in [-0.39, 0.29) is 17.1 Å². The summed E-state index contributed by atoms with van der Waals surface area (Å²) >= 11 is 1.98. The number of hydrazone groups is 1. The number of ether oxygens (including phenoxy) is 2. The summed E-state index contributed by atoms with van der Waals surface area (Å²) in [6.07, 6.45) is 1.42. The van der Waals surface area contributed by atoms with E-state index < -0.39 is 5.91 Å². The van der Waals surface area contributed by atoms with Crippen molar-refractivity contribution in [3.05, 3.63) is 45.0 Å². The SMILES string of the molecule is CCOc1cc(/C=N\NC(=O)c2ccc(OC)cc2O)cc(I)c1O. The molecule has 7 nitrogen and oxygen atoms in total. The summed E-state index contributed by atoms with van der Waals surface area (Å²) in [5, 5.41) is 23.6. The Morgan fingerprint density at radius 2 is 2.08 bits per heavy atom. The first kappa shape index (κ1) is 18.8. The van der Waals surface area contributed by atoms with Gasteiger partial charge in [0, 0.05) is 6.07 Å². The maximum absolute atomic E-state index is 12.1. The summed E-state index contributed by atoms with van der Waals surface area (Å²) in [5.74, 6) is 0.0845. The Labute approximate surface area is 158 Å². The number of nitrogens with zero attached hydrogens (tertiary/aromatic N) is 1. The van der Waals surface area contributed by atoms with Gasteiger partial charge in [-0.1, -0.05) is 0 Å². The van der Waals surface area contributed by atoms with E-state index in [1.165, 1.54) is 25.5 Å². The summed E-state index contributed by atoms with van der Waals surface area (Å²) < 4.78 is 10.9. The fourth-order valence-electron chi connectivity index (χ4n) is 1.99. The van der Waals surface area contributed by atoms with E-state index >= 15 is 0 Å². The third-order valence-corrected chi connectivity index (χ3v) is 4.00. The van der Waals surface area contributed by atoms with E-state index in [0.717, 1.165) is 0 Å². The molecular formula is C17H17IN2O5. The van der Waals surface area contributed by atoms with Crippen molar-refractivity contribution in [1.82, 2.24) is 5.43 Å². The molecule has 0 aromatic heterocycles. The van der Waals surface area contributed by atoms with Gasteiger partial charge < -0.3 is 19.7 Å². The van der Waals surface area contributed by atoms with Crippen molar-refractivity contribution in [3.8, 4) is 23.0 Å². The number of methoxy groups -OCH3 is 1. The van der Waals surface area contributed by atoms with Crippen molar-refractivity contribution in [2.75, 3.05) is 13.7 Å². The standard InChI is InChI=1S/C17H17IN2O5/c1-3-25-15-7-10(6-13(18)16(15)22)9-19-20-17(23)12-5-4-11(24-2)8-14(12)21/h4-9,21-22H,3H2,1-2H3,(H,20,23)/b19-9-. The van der Waals surface area contributed by atoms with Crippen LogP contribution in [0.5, 0.6) is 23.0 Å². The molecule has 0 aliphatic carbocycles.